The van der Waals surface area contributed by atoms with Gasteiger partial charge in [0.25, 0.3) is 0 Å². The van der Waals surface area contributed by atoms with Crippen LogP contribution in [0.5, 0.6) is 0 Å². The molecule has 0 aliphatic carbocycles. The first kappa shape index (κ1) is 18.5. The molecule has 4 N–H and O–H groups in total. The zero-order chi connectivity index (χ0) is 16.3. The monoisotopic (exact) mass is 304 g/mol. The van der Waals surface area contributed by atoms with Gasteiger partial charge in [-0.25, -0.2) is 4.79 Å². The minimum Gasteiger partial charge on any atom is -0.450 e. The van der Waals surface area contributed by atoms with E-state index in [4.69, 9.17) is 10.2 Å². The molecule has 2 aliphatic heterocycles. The third-order valence-corrected chi connectivity index (χ3v) is 2.03. The van der Waals surface area contributed by atoms with Crippen molar-refractivity contribution in [3.63, 3.8) is 0 Å². The first-order valence-electron chi connectivity index (χ1n) is 5.97. The SMILES string of the molecule is O=C(O)OCCO.O=C1CCC(=O)N1.O=C1CCC(=O)N1. The normalized spacial score (nSPS) is 16.0. The van der Waals surface area contributed by atoms with Crippen molar-refractivity contribution in [3.8, 4) is 0 Å². The molecule has 0 atom stereocenters. The summed E-state index contributed by atoms with van der Waals surface area (Å²) >= 11 is 0. The van der Waals surface area contributed by atoms with Crippen molar-refractivity contribution in [2.45, 2.75) is 25.7 Å². The van der Waals surface area contributed by atoms with E-state index in [-0.39, 0.29) is 36.8 Å². The summed E-state index contributed by atoms with van der Waals surface area (Å²) in [6.07, 6.45) is 0.143. The highest BCUT2D eigenvalue weighted by molar-refractivity contribution is 6.02. The van der Waals surface area contributed by atoms with E-state index in [0.29, 0.717) is 25.7 Å². The summed E-state index contributed by atoms with van der Waals surface area (Å²) in [6, 6.07) is 0. The molecule has 0 spiro atoms. The van der Waals surface area contributed by atoms with E-state index >= 15 is 0 Å². The lowest BCUT2D eigenvalue weighted by Crippen LogP contribution is -2.18. The Bertz CT molecular complexity index is 362. The van der Waals surface area contributed by atoms with Gasteiger partial charge < -0.3 is 14.9 Å². The van der Waals surface area contributed by atoms with Gasteiger partial charge in [0.2, 0.25) is 23.6 Å². The average Bonchev–Trinajstić information content (AvgIpc) is 2.96. The highest BCUT2D eigenvalue weighted by Crippen LogP contribution is 1.96. The van der Waals surface area contributed by atoms with Crippen LogP contribution in [0.1, 0.15) is 25.7 Å². The number of rotatable bonds is 2. The smallest absolute Gasteiger partial charge is 0.450 e. The molecule has 21 heavy (non-hydrogen) atoms. The maximum atomic E-state index is 10.1. The molecule has 118 valence electrons. The van der Waals surface area contributed by atoms with Gasteiger partial charge in [0.15, 0.2) is 0 Å². The molecular formula is C11H16N2O8. The van der Waals surface area contributed by atoms with Crippen LogP contribution in [0.3, 0.4) is 0 Å². The van der Waals surface area contributed by atoms with Crippen LogP contribution in [-0.2, 0) is 23.9 Å². The number of hydrogen-bond acceptors (Lipinski definition) is 7. The molecule has 0 bridgehead atoms. The summed E-state index contributed by atoms with van der Waals surface area (Å²) in [7, 11) is 0. The lowest BCUT2D eigenvalue weighted by molar-refractivity contribution is -0.126. The number of carbonyl (C=O) groups excluding carboxylic acids is 4. The topological polar surface area (TPSA) is 159 Å². The van der Waals surface area contributed by atoms with E-state index in [1.807, 2.05) is 0 Å². The predicted octanol–water partition coefficient (Wildman–Crippen LogP) is -1.48. The van der Waals surface area contributed by atoms with E-state index in [0.717, 1.165) is 0 Å². The standard InChI is InChI=1S/2C4H5NO2.C3H6O4/c2*6-3-1-2-4(7)5-3;4-1-2-7-3(5)6/h2*1-2H2,(H,5,6,7);4H,1-2H2,(H,5,6). The molecule has 2 fully saturated rings. The third kappa shape index (κ3) is 11.1. The van der Waals surface area contributed by atoms with E-state index in [1.165, 1.54) is 0 Å². The molecule has 0 unspecified atom stereocenters. The van der Waals surface area contributed by atoms with Crippen LogP contribution in [0.15, 0.2) is 0 Å². The fourth-order valence-electron chi connectivity index (χ4n) is 1.15. The van der Waals surface area contributed by atoms with Gasteiger partial charge in [-0.05, 0) is 0 Å². The summed E-state index contributed by atoms with van der Waals surface area (Å²) in [5.74, 6) is -0.593. The Labute approximate surface area is 119 Å². The van der Waals surface area contributed by atoms with Gasteiger partial charge >= 0.3 is 6.16 Å². The molecule has 2 heterocycles. The molecule has 0 saturated carbocycles. The quantitative estimate of drug-likeness (QED) is 0.355. The van der Waals surface area contributed by atoms with Gasteiger partial charge in [-0.1, -0.05) is 0 Å². The zero-order valence-corrected chi connectivity index (χ0v) is 11.1. The summed E-state index contributed by atoms with van der Waals surface area (Å²) in [5.41, 5.74) is 0. The number of hydrogen-bond donors (Lipinski definition) is 4. The molecule has 0 radical (unpaired) electrons. The number of aliphatic hydroxyl groups is 1. The van der Waals surface area contributed by atoms with E-state index in [1.54, 1.807) is 0 Å². The van der Waals surface area contributed by atoms with Crippen LogP contribution in [0, 0.1) is 0 Å². The molecule has 0 aromatic carbocycles. The molecule has 2 aliphatic rings. The Balaban J connectivity index is 0.000000286. The Morgan fingerprint density at radius 3 is 1.33 bits per heavy atom. The van der Waals surface area contributed by atoms with Gasteiger partial charge in [0, 0.05) is 25.7 Å². The lowest BCUT2D eigenvalue weighted by Gasteiger charge is -1.91. The van der Waals surface area contributed by atoms with Crippen molar-refractivity contribution in [1.82, 2.24) is 10.6 Å². The lowest BCUT2D eigenvalue weighted by atomic mass is 10.4. The molecule has 0 aromatic heterocycles. The molecular weight excluding hydrogens is 288 g/mol. The van der Waals surface area contributed by atoms with Crippen LogP contribution in [0.2, 0.25) is 0 Å². The molecule has 10 nitrogen and oxygen atoms in total. The second-order valence-electron chi connectivity index (χ2n) is 3.78. The first-order chi connectivity index (χ1) is 9.85. The minimum absolute atomic E-state index is 0.144. The van der Waals surface area contributed by atoms with Crippen LogP contribution >= 0.6 is 0 Å². The highest BCUT2D eigenvalue weighted by Gasteiger charge is 2.16. The van der Waals surface area contributed by atoms with Crippen LogP contribution in [-0.4, -0.2) is 53.2 Å². The number of carboxylic acid groups (broad SMARTS) is 1. The third-order valence-electron chi connectivity index (χ3n) is 2.03. The number of carbonyl (C=O) groups is 5. The summed E-state index contributed by atoms with van der Waals surface area (Å²) in [4.78, 5) is 49.9. The number of imide groups is 2. The molecule has 4 amide bonds. The highest BCUT2D eigenvalue weighted by atomic mass is 16.7. The van der Waals surface area contributed by atoms with E-state index < -0.39 is 6.16 Å². The van der Waals surface area contributed by atoms with Crippen LogP contribution in [0.4, 0.5) is 4.79 Å². The average molecular weight is 304 g/mol. The zero-order valence-electron chi connectivity index (χ0n) is 11.1. The molecule has 2 rings (SSSR count). The molecule has 2 saturated heterocycles. The fourth-order valence-corrected chi connectivity index (χ4v) is 1.15. The van der Waals surface area contributed by atoms with E-state index in [9.17, 15) is 24.0 Å². The van der Waals surface area contributed by atoms with Gasteiger partial charge in [-0.15, -0.1) is 0 Å². The second kappa shape index (κ2) is 10.3. The Hall–Kier alpha value is -2.49. The summed E-state index contributed by atoms with van der Waals surface area (Å²) < 4.78 is 3.86. The van der Waals surface area contributed by atoms with Gasteiger partial charge in [0.05, 0.1) is 6.61 Å². The first-order valence-corrected chi connectivity index (χ1v) is 5.97. The fraction of sp³-hybridized carbons (Fsp3) is 0.545. The van der Waals surface area contributed by atoms with Crippen molar-refractivity contribution >= 4 is 29.8 Å². The second-order valence-corrected chi connectivity index (χ2v) is 3.78. The van der Waals surface area contributed by atoms with E-state index in [2.05, 4.69) is 15.4 Å². The van der Waals surface area contributed by atoms with Crippen molar-refractivity contribution in [2.24, 2.45) is 0 Å². The van der Waals surface area contributed by atoms with Crippen molar-refractivity contribution in [2.75, 3.05) is 13.2 Å². The predicted molar refractivity (Wildman–Crippen MR) is 65.8 cm³/mol. The number of amides is 4. The van der Waals surface area contributed by atoms with Crippen molar-refractivity contribution < 1.29 is 38.9 Å². The number of aliphatic hydroxyl groups excluding tert-OH is 1. The maximum Gasteiger partial charge on any atom is 0.505 e. The maximum absolute atomic E-state index is 10.1. The number of ether oxygens (including phenoxy) is 1. The minimum atomic E-state index is -1.35. The number of nitrogens with one attached hydrogen (secondary N) is 2. The van der Waals surface area contributed by atoms with Gasteiger partial charge in [0.1, 0.15) is 6.61 Å². The van der Waals surface area contributed by atoms with Gasteiger partial charge in [-0.3, -0.25) is 29.8 Å². The van der Waals surface area contributed by atoms with Crippen molar-refractivity contribution in [3.05, 3.63) is 0 Å². The Morgan fingerprint density at radius 2 is 1.24 bits per heavy atom. The van der Waals surface area contributed by atoms with Crippen molar-refractivity contribution in [1.29, 1.82) is 0 Å². The summed E-state index contributed by atoms with van der Waals surface area (Å²) in [5, 5.41) is 19.9. The Kier molecular flexibility index (Phi) is 9.09. The summed E-state index contributed by atoms with van der Waals surface area (Å²) in [6.45, 7) is -0.401. The van der Waals surface area contributed by atoms with Crippen LogP contribution < -0.4 is 10.6 Å². The Morgan fingerprint density at radius 1 is 0.905 bits per heavy atom. The van der Waals surface area contributed by atoms with Gasteiger partial charge in [-0.2, -0.15) is 0 Å². The molecule has 10 heteroatoms. The molecule has 0 aromatic rings. The largest absolute Gasteiger partial charge is 0.505 e. The van der Waals surface area contributed by atoms with Crippen LogP contribution in [0.25, 0.3) is 0 Å².